The number of carbonyl (C=O) groups is 2. The lowest BCUT2D eigenvalue weighted by molar-refractivity contribution is -0.132. The maximum Gasteiger partial charge on any atom is 0.318 e. The van der Waals surface area contributed by atoms with Crippen molar-refractivity contribution in [3.8, 4) is 22.8 Å². The molecular weight excluding hydrogens is 520 g/mol. The number of methoxy groups -OCH3 is 2. The molecule has 1 fully saturated rings. The van der Waals surface area contributed by atoms with Gasteiger partial charge in [-0.25, -0.2) is 4.79 Å². The van der Waals surface area contributed by atoms with Crippen LogP contribution < -0.4 is 19.7 Å². The third kappa shape index (κ3) is 7.45. The minimum absolute atomic E-state index is 0.0177. The molecule has 41 heavy (non-hydrogen) atoms. The summed E-state index contributed by atoms with van der Waals surface area (Å²) in [5.41, 5.74) is 2.52. The molecule has 1 aliphatic rings. The summed E-state index contributed by atoms with van der Waals surface area (Å²) in [6.45, 7) is 7.09. The zero-order valence-electron chi connectivity index (χ0n) is 24.4. The van der Waals surface area contributed by atoms with Gasteiger partial charge in [-0.05, 0) is 49.6 Å². The molecule has 4 rings (SSSR count). The van der Waals surface area contributed by atoms with E-state index in [1.807, 2.05) is 79.4 Å². The van der Waals surface area contributed by atoms with Gasteiger partial charge in [-0.15, -0.1) is 10.2 Å². The molecule has 2 heterocycles. The Morgan fingerprint density at radius 1 is 0.976 bits per heavy atom. The van der Waals surface area contributed by atoms with Gasteiger partial charge in [0.1, 0.15) is 18.0 Å². The highest BCUT2D eigenvalue weighted by molar-refractivity contribution is 5.84. The first-order valence-corrected chi connectivity index (χ1v) is 14.1. The molecule has 1 N–H and O–H groups in total. The molecule has 0 bridgehead atoms. The Morgan fingerprint density at radius 3 is 2.46 bits per heavy atom. The fraction of sp³-hybridized carbons (Fsp3) is 0.419. The Morgan fingerprint density at radius 2 is 1.78 bits per heavy atom. The van der Waals surface area contributed by atoms with Crippen molar-refractivity contribution in [1.82, 2.24) is 25.3 Å². The van der Waals surface area contributed by atoms with Crippen LogP contribution in [-0.2, 0) is 4.79 Å². The molecule has 2 aromatic carbocycles. The standard InChI is InChI=1S/C31H40N6O4/c1-5-16-32-31(39)37(23(2)24-10-7-6-8-11-24)22-30(38)36-18-9-17-35(19-20-36)29-15-14-27(33-34-29)26-13-12-25(40-3)21-28(26)41-4/h6-8,10-15,21,23H,5,9,16-20,22H2,1-4H3,(H,32,39)/t23-/m1/s1. The van der Waals surface area contributed by atoms with E-state index in [1.54, 1.807) is 19.1 Å². The summed E-state index contributed by atoms with van der Waals surface area (Å²) in [5, 5.41) is 11.9. The Bertz CT molecular complexity index is 1290. The summed E-state index contributed by atoms with van der Waals surface area (Å²) in [6, 6.07) is 18.8. The number of nitrogens with zero attached hydrogens (tertiary/aromatic N) is 5. The first-order chi connectivity index (χ1) is 19.9. The third-order valence-corrected chi connectivity index (χ3v) is 7.35. The van der Waals surface area contributed by atoms with Crippen LogP contribution in [0, 0.1) is 0 Å². The van der Waals surface area contributed by atoms with E-state index in [1.165, 1.54) is 0 Å². The predicted molar refractivity (Wildman–Crippen MR) is 159 cm³/mol. The molecule has 1 aliphatic heterocycles. The van der Waals surface area contributed by atoms with Crippen LogP contribution in [-0.4, -0.2) is 85.4 Å². The Hall–Kier alpha value is -4.34. The van der Waals surface area contributed by atoms with E-state index in [4.69, 9.17) is 9.47 Å². The lowest BCUT2D eigenvalue weighted by Crippen LogP contribution is -2.48. The first-order valence-electron chi connectivity index (χ1n) is 14.1. The number of amides is 3. The Balaban J connectivity index is 1.41. The van der Waals surface area contributed by atoms with Gasteiger partial charge in [0.05, 0.1) is 26.0 Å². The molecule has 218 valence electrons. The predicted octanol–water partition coefficient (Wildman–Crippen LogP) is 4.38. The van der Waals surface area contributed by atoms with Gasteiger partial charge in [-0.1, -0.05) is 37.3 Å². The quantitative estimate of drug-likeness (QED) is 0.393. The Kier molecular flexibility index (Phi) is 10.4. The molecule has 1 saturated heterocycles. The van der Waals surface area contributed by atoms with E-state index in [2.05, 4.69) is 20.4 Å². The second-order valence-electron chi connectivity index (χ2n) is 10.0. The molecule has 1 atom stereocenters. The van der Waals surface area contributed by atoms with Crippen molar-refractivity contribution in [3.63, 3.8) is 0 Å². The highest BCUT2D eigenvalue weighted by atomic mass is 16.5. The first kappa shape index (κ1) is 29.6. The van der Waals surface area contributed by atoms with Crippen LogP contribution in [0.15, 0.2) is 60.7 Å². The van der Waals surface area contributed by atoms with Gasteiger partial charge in [0.25, 0.3) is 0 Å². The minimum Gasteiger partial charge on any atom is -0.497 e. The lowest BCUT2D eigenvalue weighted by atomic mass is 10.1. The maximum atomic E-state index is 13.5. The normalized spacial score (nSPS) is 14.1. The molecule has 0 radical (unpaired) electrons. The lowest BCUT2D eigenvalue weighted by Gasteiger charge is -2.31. The highest BCUT2D eigenvalue weighted by Gasteiger charge is 2.27. The average Bonchev–Trinajstić information content (AvgIpc) is 3.29. The number of hydrogen-bond donors (Lipinski definition) is 1. The highest BCUT2D eigenvalue weighted by Crippen LogP contribution is 2.32. The largest absolute Gasteiger partial charge is 0.497 e. The number of hydrogen-bond acceptors (Lipinski definition) is 7. The van der Waals surface area contributed by atoms with Crippen molar-refractivity contribution in [3.05, 3.63) is 66.2 Å². The summed E-state index contributed by atoms with van der Waals surface area (Å²) >= 11 is 0. The second-order valence-corrected chi connectivity index (χ2v) is 10.0. The Labute approximate surface area is 242 Å². The van der Waals surface area contributed by atoms with Gasteiger partial charge in [-0.3, -0.25) is 4.79 Å². The zero-order chi connectivity index (χ0) is 29.2. The van der Waals surface area contributed by atoms with E-state index in [9.17, 15) is 9.59 Å². The molecule has 0 aliphatic carbocycles. The minimum atomic E-state index is -0.237. The average molecular weight is 561 g/mol. The summed E-state index contributed by atoms with van der Waals surface area (Å²) in [6.07, 6.45) is 1.62. The van der Waals surface area contributed by atoms with Gasteiger partial charge in [-0.2, -0.15) is 0 Å². The van der Waals surface area contributed by atoms with E-state index in [0.717, 1.165) is 36.3 Å². The molecule has 0 saturated carbocycles. The van der Waals surface area contributed by atoms with Gasteiger partial charge in [0.2, 0.25) is 5.91 Å². The van der Waals surface area contributed by atoms with Crippen LogP contribution in [0.3, 0.4) is 0 Å². The van der Waals surface area contributed by atoms with Gasteiger partial charge in [0.15, 0.2) is 5.82 Å². The number of anilines is 1. The maximum absolute atomic E-state index is 13.5. The van der Waals surface area contributed by atoms with Gasteiger partial charge in [0, 0.05) is 44.4 Å². The second kappa shape index (κ2) is 14.3. The summed E-state index contributed by atoms with van der Waals surface area (Å²) in [7, 11) is 3.23. The monoisotopic (exact) mass is 560 g/mol. The number of nitrogens with one attached hydrogen (secondary N) is 1. The van der Waals surface area contributed by atoms with Crippen molar-refractivity contribution >= 4 is 17.8 Å². The van der Waals surface area contributed by atoms with E-state index in [0.29, 0.717) is 43.4 Å². The molecule has 0 spiro atoms. The number of urea groups is 1. The van der Waals surface area contributed by atoms with Crippen LogP contribution in [0.25, 0.3) is 11.3 Å². The van der Waals surface area contributed by atoms with Crippen LogP contribution in [0.2, 0.25) is 0 Å². The number of benzene rings is 2. The van der Waals surface area contributed by atoms with Gasteiger partial charge < -0.3 is 29.5 Å². The van der Waals surface area contributed by atoms with Crippen molar-refractivity contribution in [2.45, 2.75) is 32.7 Å². The van der Waals surface area contributed by atoms with Crippen molar-refractivity contribution < 1.29 is 19.1 Å². The molecule has 0 unspecified atom stereocenters. The molecule has 1 aromatic heterocycles. The topological polar surface area (TPSA) is 100 Å². The fourth-order valence-electron chi connectivity index (χ4n) is 4.92. The molecule has 3 aromatic rings. The van der Waals surface area contributed by atoms with Crippen LogP contribution in [0.5, 0.6) is 11.5 Å². The van der Waals surface area contributed by atoms with Crippen molar-refractivity contribution in [1.29, 1.82) is 0 Å². The van der Waals surface area contributed by atoms with E-state index in [-0.39, 0.29) is 24.5 Å². The van der Waals surface area contributed by atoms with Crippen LogP contribution in [0.1, 0.15) is 38.3 Å². The summed E-state index contributed by atoms with van der Waals surface area (Å²) < 4.78 is 10.8. The van der Waals surface area contributed by atoms with Crippen LogP contribution in [0.4, 0.5) is 10.6 Å². The number of aromatic nitrogens is 2. The van der Waals surface area contributed by atoms with Crippen LogP contribution >= 0.6 is 0 Å². The molecule has 10 nitrogen and oxygen atoms in total. The number of ether oxygens (including phenoxy) is 2. The molecule has 10 heteroatoms. The fourth-order valence-corrected chi connectivity index (χ4v) is 4.92. The molecular formula is C31H40N6O4. The SMILES string of the molecule is CCCNC(=O)N(CC(=O)N1CCCN(c2ccc(-c3ccc(OC)cc3OC)nn2)CC1)[C@H](C)c1ccccc1. The zero-order valence-corrected chi connectivity index (χ0v) is 24.4. The summed E-state index contributed by atoms with van der Waals surface area (Å²) in [4.78, 5) is 32.1. The number of rotatable bonds is 10. The van der Waals surface area contributed by atoms with E-state index < -0.39 is 0 Å². The van der Waals surface area contributed by atoms with Gasteiger partial charge >= 0.3 is 6.03 Å². The summed E-state index contributed by atoms with van der Waals surface area (Å²) in [5.74, 6) is 2.07. The van der Waals surface area contributed by atoms with Crippen molar-refractivity contribution in [2.24, 2.45) is 0 Å². The van der Waals surface area contributed by atoms with E-state index >= 15 is 0 Å². The third-order valence-electron chi connectivity index (χ3n) is 7.35. The number of carbonyl (C=O) groups excluding carboxylic acids is 2. The molecule has 3 amide bonds. The smallest absolute Gasteiger partial charge is 0.318 e. The van der Waals surface area contributed by atoms with Crippen molar-refractivity contribution in [2.75, 3.05) is 58.4 Å².